The minimum atomic E-state index is 0.201. The fourth-order valence-electron chi connectivity index (χ4n) is 4.54. The van der Waals surface area contributed by atoms with Gasteiger partial charge in [0.15, 0.2) is 0 Å². The van der Waals surface area contributed by atoms with E-state index in [0.29, 0.717) is 5.92 Å². The number of nitrogens with one attached hydrogen (secondary N) is 1. The van der Waals surface area contributed by atoms with E-state index in [0.717, 1.165) is 44.7 Å². The predicted octanol–water partition coefficient (Wildman–Crippen LogP) is 4.40. The molecule has 0 spiro atoms. The van der Waals surface area contributed by atoms with Crippen LogP contribution < -0.4 is 0 Å². The van der Waals surface area contributed by atoms with Crippen LogP contribution in [0.25, 0.3) is 11.0 Å². The third-order valence-corrected chi connectivity index (χ3v) is 5.89. The summed E-state index contributed by atoms with van der Waals surface area (Å²) in [6.45, 7) is 4.12. The summed E-state index contributed by atoms with van der Waals surface area (Å²) in [4.78, 5) is 10.7. The Morgan fingerprint density at radius 2 is 2.04 bits per heavy atom. The summed E-state index contributed by atoms with van der Waals surface area (Å²) in [6.07, 6.45) is 5.55. The van der Waals surface area contributed by atoms with Gasteiger partial charge in [-0.1, -0.05) is 30.3 Å². The summed E-state index contributed by atoms with van der Waals surface area (Å²) < 4.78 is 5.99. The van der Waals surface area contributed by atoms with Gasteiger partial charge in [-0.25, -0.2) is 4.98 Å². The first-order valence-electron chi connectivity index (χ1n) is 9.73. The van der Waals surface area contributed by atoms with E-state index in [4.69, 9.17) is 4.74 Å². The van der Waals surface area contributed by atoms with Crippen molar-refractivity contribution >= 4 is 11.0 Å². The number of H-pyrrole nitrogens is 1. The van der Waals surface area contributed by atoms with Crippen molar-refractivity contribution in [2.45, 2.75) is 37.8 Å². The van der Waals surface area contributed by atoms with Crippen molar-refractivity contribution in [3.63, 3.8) is 0 Å². The van der Waals surface area contributed by atoms with Gasteiger partial charge in [-0.05, 0) is 55.0 Å². The van der Waals surface area contributed by atoms with Crippen LogP contribution in [0.15, 0.2) is 48.7 Å². The normalized spacial score (nSPS) is 23.8. The highest BCUT2D eigenvalue weighted by Gasteiger charge is 2.28. The topological polar surface area (TPSA) is 41.1 Å². The Kier molecular flexibility index (Phi) is 4.23. The number of fused-ring (bicyclic) bond motifs is 1. The molecule has 0 bridgehead atoms. The molecule has 134 valence electrons. The van der Waals surface area contributed by atoms with Gasteiger partial charge >= 0.3 is 0 Å². The highest BCUT2D eigenvalue weighted by atomic mass is 16.5. The molecule has 2 aromatic heterocycles. The highest BCUT2D eigenvalue weighted by molar-refractivity contribution is 5.81. The zero-order valence-electron chi connectivity index (χ0n) is 15.0. The van der Waals surface area contributed by atoms with Crippen LogP contribution in [0, 0.1) is 0 Å². The summed E-state index contributed by atoms with van der Waals surface area (Å²) in [6, 6.07) is 15.2. The minimum absolute atomic E-state index is 0.201. The molecule has 2 aliphatic heterocycles. The van der Waals surface area contributed by atoms with Gasteiger partial charge in [0.2, 0.25) is 0 Å². The number of aromatic nitrogens is 2. The number of hydrogen-bond donors (Lipinski definition) is 1. The number of pyridine rings is 1. The van der Waals surface area contributed by atoms with Crippen LogP contribution in [0.2, 0.25) is 0 Å². The van der Waals surface area contributed by atoms with Crippen LogP contribution in [0.4, 0.5) is 0 Å². The Morgan fingerprint density at radius 1 is 1.12 bits per heavy atom. The van der Waals surface area contributed by atoms with E-state index in [1.807, 2.05) is 12.3 Å². The lowest BCUT2D eigenvalue weighted by Gasteiger charge is -2.18. The SMILES string of the molecule is c1ccc([C@@H]2CCN(Cc3c([C@@H]4CCCO4)[nH]c4ncccc34)C2)cc1. The number of nitrogens with zero attached hydrogens (tertiary/aromatic N) is 2. The number of benzene rings is 1. The second kappa shape index (κ2) is 6.86. The summed E-state index contributed by atoms with van der Waals surface area (Å²) in [7, 11) is 0. The van der Waals surface area contributed by atoms with Crippen molar-refractivity contribution in [3.05, 3.63) is 65.5 Å². The molecule has 0 aliphatic carbocycles. The average Bonchev–Trinajstić information content (AvgIpc) is 3.43. The van der Waals surface area contributed by atoms with Crippen LogP contribution in [0.5, 0.6) is 0 Å². The van der Waals surface area contributed by atoms with Gasteiger partial charge in [0.1, 0.15) is 5.65 Å². The molecule has 2 saturated heterocycles. The van der Waals surface area contributed by atoms with Crippen molar-refractivity contribution in [3.8, 4) is 0 Å². The molecule has 0 amide bonds. The zero-order valence-corrected chi connectivity index (χ0v) is 15.0. The van der Waals surface area contributed by atoms with E-state index in [2.05, 4.69) is 51.3 Å². The van der Waals surface area contributed by atoms with Gasteiger partial charge < -0.3 is 9.72 Å². The highest BCUT2D eigenvalue weighted by Crippen LogP contribution is 2.36. The van der Waals surface area contributed by atoms with E-state index < -0.39 is 0 Å². The van der Waals surface area contributed by atoms with Crippen LogP contribution >= 0.6 is 0 Å². The van der Waals surface area contributed by atoms with Gasteiger partial charge in [0, 0.05) is 31.3 Å². The minimum Gasteiger partial charge on any atom is -0.372 e. The van der Waals surface area contributed by atoms with Crippen LogP contribution in [0.1, 0.15) is 48.1 Å². The molecule has 4 heterocycles. The van der Waals surface area contributed by atoms with Crippen LogP contribution in [-0.4, -0.2) is 34.6 Å². The van der Waals surface area contributed by atoms with Crippen molar-refractivity contribution in [1.82, 2.24) is 14.9 Å². The molecule has 3 aromatic rings. The Bertz CT molecular complexity index is 883. The maximum Gasteiger partial charge on any atom is 0.137 e. The molecule has 1 N–H and O–H groups in total. The Hall–Kier alpha value is -2.17. The number of hydrogen-bond acceptors (Lipinski definition) is 3. The van der Waals surface area contributed by atoms with E-state index in [-0.39, 0.29) is 6.10 Å². The van der Waals surface area contributed by atoms with Gasteiger partial charge in [-0.3, -0.25) is 4.90 Å². The molecule has 2 atom stereocenters. The smallest absolute Gasteiger partial charge is 0.137 e. The molecule has 0 saturated carbocycles. The van der Waals surface area contributed by atoms with E-state index in [1.165, 1.54) is 28.6 Å². The molecular formula is C22H25N3O. The Balaban J connectivity index is 1.41. The standard InChI is InChI=1S/C22H25N3O/c1-2-6-16(7-3-1)17-10-12-25(14-17)15-19-18-8-4-11-23-22(18)24-21(19)20-9-5-13-26-20/h1-4,6-8,11,17,20H,5,9-10,12-15H2,(H,23,24)/t17-,20+/m1/s1. The first kappa shape index (κ1) is 16.0. The third kappa shape index (κ3) is 2.93. The number of ether oxygens (including phenoxy) is 1. The molecule has 5 rings (SSSR count). The van der Waals surface area contributed by atoms with Crippen molar-refractivity contribution in [2.24, 2.45) is 0 Å². The Morgan fingerprint density at radius 3 is 2.88 bits per heavy atom. The van der Waals surface area contributed by atoms with E-state index in [9.17, 15) is 0 Å². The summed E-state index contributed by atoms with van der Waals surface area (Å²) in [5, 5.41) is 1.25. The summed E-state index contributed by atoms with van der Waals surface area (Å²) >= 11 is 0. The number of likely N-dealkylation sites (tertiary alicyclic amines) is 1. The largest absolute Gasteiger partial charge is 0.372 e. The fraction of sp³-hybridized carbons (Fsp3) is 0.409. The first-order chi connectivity index (χ1) is 12.9. The lowest BCUT2D eigenvalue weighted by Crippen LogP contribution is -2.20. The van der Waals surface area contributed by atoms with Crippen molar-refractivity contribution in [2.75, 3.05) is 19.7 Å². The summed E-state index contributed by atoms with van der Waals surface area (Å²) in [5.74, 6) is 0.644. The monoisotopic (exact) mass is 347 g/mol. The molecule has 2 fully saturated rings. The molecule has 0 unspecified atom stereocenters. The Labute approximate surface area is 154 Å². The van der Waals surface area contributed by atoms with E-state index >= 15 is 0 Å². The second-order valence-corrected chi connectivity index (χ2v) is 7.55. The molecule has 4 nitrogen and oxygen atoms in total. The lowest BCUT2D eigenvalue weighted by molar-refractivity contribution is 0.108. The van der Waals surface area contributed by atoms with Gasteiger partial charge in [0.05, 0.1) is 11.8 Å². The molecular weight excluding hydrogens is 322 g/mol. The van der Waals surface area contributed by atoms with Crippen LogP contribution in [-0.2, 0) is 11.3 Å². The predicted molar refractivity (Wildman–Crippen MR) is 103 cm³/mol. The van der Waals surface area contributed by atoms with Gasteiger partial charge in [-0.15, -0.1) is 0 Å². The summed E-state index contributed by atoms with van der Waals surface area (Å²) in [5.41, 5.74) is 5.09. The molecule has 4 heteroatoms. The zero-order chi connectivity index (χ0) is 17.3. The molecule has 1 aromatic carbocycles. The second-order valence-electron chi connectivity index (χ2n) is 7.55. The first-order valence-corrected chi connectivity index (χ1v) is 9.73. The fourth-order valence-corrected chi connectivity index (χ4v) is 4.54. The molecule has 26 heavy (non-hydrogen) atoms. The van der Waals surface area contributed by atoms with Gasteiger partial charge in [0.25, 0.3) is 0 Å². The quantitative estimate of drug-likeness (QED) is 0.760. The number of rotatable bonds is 4. The molecule has 2 aliphatic rings. The number of aromatic amines is 1. The maximum absolute atomic E-state index is 5.99. The molecule has 0 radical (unpaired) electrons. The average molecular weight is 347 g/mol. The lowest BCUT2D eigenvalue weighted by atomic mass is 9.99. The maximum atomic E-state index is 5.99. The van der Waals surface area contributed by atoms with Crippen molar-refractivity contribution < 1.29 is 4.74 Å². The van der Waals surface area contributed by atoms with Gasteiger partial charge in [-0.2, -0.15) is 0 Å². The van der Waals surface area contributed by atoms with Crippen LogP contribution in [0.3, 0.4) is 0 Å². The van der Waals surface area contributed by atoms with Crippen molar-refractivity contribution in [1.29, 1.82) is 0 Å². The third-order valence-electron chi connectivity index (χ3n) is 5.89. The van der Waals surface area contributed by atoms with E-state index in [1.54, 1.807) is 0 Å².